The number of hydrogen-bond donors (Lipinski definition) is 0. The lowest BCUT2D eigenvalue weighted by molar-refractivity contribution is -0.0986. The summed E-state index contributed by atoms with van der Waals surface area (Å²) in [5.41, 5.74) is 0. The summed E-state index contributed by atoms with van der Waals surface area (Å²) < 4.78 is 10.1. The lowest BCUT2D eigenvalue weighted by Crippen LogP contribution is -2.10. The summed E-state index contributed by atoms with van der Waals surface area (Å²) in [5, 5.41) is 0. The normalized spacial score (nSPS) is 11.7. The molecule has 0 atom stereocenters. The van der Waals surface area contributed by atoms with Crippen LogP contribution in [0.15, 0.2) is 12.2 Å². The molecule has 0 aliphatic rings. The Morgan fingerprint density at radius 1 is 1.08 bits per heavy atom. The third-order valence-electron chi connectivity index (χ3n) is 2.00. The van der Waals surface area contributed by atoms with Crippen molar-refractivity contribution >= 4 is 0 Å². The van der Waals surface area contributed by atoms with E-state index in [9.17, 15) is 0 Å². The van der Waals surface area contributed by atoms with E-state index in [4.69, 9.17) is 9.47 Å². The molecule has 0 aliphatic heterocycles. The van der Waals surface area contributed by atoms with Crippen LogP contribution in [0.3, 0.4) is 0 Å². The molecular weight excluding hydrogens is 164 g/mol. The highest BCUT2D eigenvalue weighted by Gasteiger charge is 1.99. The van der Waals surface area contributed by atoms with Gasteiger partial charge in [-0.05, 0) is 12.8 Å². The second-order valence-corrected chi connectivity index (χ2v) is 3.10. The van der Waals surface area contributed by atoms with E-state index in [1.165, 1.54) is 25.7 Å². The molecule has 0 amide bonds. The summed E-state index contributed by atoms with van der Waals surface area (Å²) >= 11 is 0. The number of allylic oxidation sites excluding steroid dienone is 1. The number of hydrogen-bond acceptors (Lipinski definition) is 2. The molecule has 0 aromatic heterocycles. The van der Waals surface area contributed by atoms with E-state index in [0.29, 0.717) is 0 Å². The summed E-state index contributed by atoms with van der Waals surface area (Å²) in [4.78, 5) is 0. The average Bonchev–Trinajstić information content (AvgIpc) is 2.17. The quantitative estimate of drug-likeness (QED) is 0.329. The summed E-state index contributed by atoms with van der Waals surface area (Å²) in [6.45, 7) is 2.22. The zero-order valence-corrected chi connectivity index (χ0v) is 9.08. The van der Waals surface area contributed by atoms with E-state index in [2.05, 4.69) is 19.1 Å². The van der Waals surface area contributed by atoms with Crippen molar-refractivity contribution in [3.05, 3.63) is 12.2 Å². The fourth-order valence-electron chi connectivity index (χ4n) is 1.13. The maximum atomic E-state index is 5.05. The third-order valence-corrected chi connectivity index (χ3v) is 2.00. The first-order valence-corrected chi connectivity index (χ1v) is 5.05. The van der Waals surface area contributed by atoms with Gasteiger partial charge in [-0.2, -0.15) is 0 Å². The highest BCUT2D eigenvalue weighted by molar-refractivity contribution is 4.82. The minimum absolute atomic E-state index is 0.0811. The Morgan fingerprint density at radius 2 is 1.77 bits per heavy atom. The van der Waals surface area contributed by atoms with Crippen molar-refractivity contribution in [2.75, 3.05) is 14.2 Å². The third kappa shape index (κ3) is 8.00. The molecule has 0 radical (unpaired) electrons. The van der Waals surface area contributed by atoms with Crippen molar-refractivity contribution in [3.8, 4) is 0 Å². The number of unbranched alkanes of at least 4 members (excludes halogenated alkanes) is 3. The fraction of sp³-hybridized carbons (Fsp3) is 0.818. The molecule has 0 N–H and O–H groups in total. The minimum Gasteiger partial charge on any atom is -0.356 e. The van der Waals surface area contributed by atoms with E-state index in [-0.39, 0.29) is 6.29 Å². The maximum Gasteiger partial charge on any atom is 0.160 e. The lowest BCUT2D eigenvalue weighted by Gasteiger charge is -2.09. The molecular formula is C11H22O2. The van der Waals surface area contributed by atoms with Crippen molar-refractivity contribution < 1.29 is 9.47 Å². The molecule has 0 heterocycles. The molecule has 0 aliphatic carbocycles. The van der Waals surface area contributed by atoms with Crippen LogP contribution in [0.5, 0.6) is 0 Å². The molecule has 0 aromatic rings. The monoisotopic (exact) mass is 186 g/mol. The Morgan fingerprint density at radius 3 is 2.31 bits per heavy atom. The second kappa shape index (κ2) is 9.75. The Labute approximate surface area is 81.9 Å². The van der Waals surface area contributed by atoms with E-state index >= 15 is 0 Å². The van der Waals surface area contributed by atoms with Gasteiger partial charge in [-0.25, -0.2) is 0 Å². The summed E-state index contributed by atoms with van der Waals surface area (Å²) in [6, 6.07) is 0. The zero-order chi connectivity index (χ0) is 9.94. The Bertz CT molecular complexity index is 117. The smallest absolute Gasteiger partial charge is 0.160 e. The van der Waals surface area contributed by atoms with Crippen molar-refractivity contribution in [2.45, 2.75) is 45.3 Å². The van der Waals surface area contributed by atoms with Crippen molar-refractivity contribution in [1.82, 2.24) is 0 Å². The summed E-state index contributed by atoms with van der Waals surface area (Å²) in [5.74, 6) is 0. The Hall–Kier alpha value is -0.340. The molecule has 0 saturated heterocycles. The van der Waals surface area contributed by atoms with Crippen LogP contribution in [0.1, 0.15) is 39.0 Å². The maximum absolute atomic E-state index is 5.05. The predicted octanol–water partition coefficient (Wildman–Crippen LogP) is 3.13. The van der Waals surface area contributed by atoms with Crippen molar-refractivity contribution in [1.29, 1.82) is 0 Å². The largest absolute Gasteiger partial charge is 0.356 e. The molecule has 0 aromatic carbocycles. The summed E-state index contributed by atoms with van der Waals surface area (Å²) in [6.07, 6.45) is 10.2. The number of ether oxygens (including phenoxy) is 2. The van der Waals surface area contributed by atoms with E-state index in [1.807, 2.05) is 0 Å². The van der Waals surface area contributed by atoms with Crippen LogP contribution in [-0.2, 0) is 9.47 Å². The van der Waals surface area contributed by atoms with Crippen LogP contribution in [0, 0.1) is 0 Å². The topological polar surface area (TPSA) is 18.5 Å². The predicted molar refractivity (Wildman–Crippen MR) is 55.7 cm³/mol. The van der Waals surface area contributed by atoms with Gasteiger partial charge >= 0.3 is 0 Å². The zero-order valence-electron chi connectivity index (χ0n) is 9.08. The molecule has 78 valence electrons. The summed E-state index contributed by atoms with van der Waals surface area (Å²) in [7, 11) is 3.33. The van der Waals surface area contributed by atoms with Crippen LogP contribution in [0.4, 0.5) is 0 Å². The van der Waals surface area contributed by atoms with Gasteiger partial charge in [-0.1, -0.05) is 31.9 Å². The van der Waals surface area contributed by atoms with E-state index in [0.717, 1.165) is 6.42 Å². The number of methoxy groups -OCH3 is 2. The first-order chi connectivity index (χ1) is 6.35. The van der Waals surface area contributed by atoms with E-state index in [1.54, 1.807) is 14.2 Å². The highest BCUT2D eigenvalue weighted by Crippen LogP contribution is 2.03. The SMILES string of the molecule is CCCCC/C=C/CC(OC)OC. The molecule has 0 bridgehead atoms. The molecule has 2 nitrogen and oxygen atoms in total. The molecule has 0 rings (SSSR count). The molecule has 0 unspecified atom stereocenters. The van der Waals surface area contributed by atoms with Gasteiger partial charge < -0.3 is 9.47 Å². The van der Waals surface area contributed by atoms with Gasteiger partial charge in [-0.15, -0.1) is 0 Å². The fourth-order valence-corrected chi connectivity index (χ4v) is 1.13. The van der Waals surface area contributed by atoms with Crippen molar-refractivity contribution in [2.24, 2.45) is 0 Å². The van der Waals surface area contributed by atoms with Gasteiger partial charge in [0.25, 0.3) is 0 Å². The molecule has 0 fully saturated rings. The van der Waals surface area contributed by atoms with Gasteiger partial charge in [0.05, 0.1) is 0 Å². The van der Waals surface area contributed by atoms with Crippen LogP contribution >= 0.6 is 0 Å². The molecule has 0 spiro atoms. The second-order valence-electron chi connectivity index (χ2n) is 3.10. The van der Waals surface area contributed by atoms with Gasteiger partial charge in [0, 0.05) is 20.6 Å². The van der Waals surface area contributed by atoms with Crippen LogP contribution in [-0.4, -0.2) is 20.5 Å². The van der Waals surface area contributed by atoms with E-state index < -0.39 is 0 Å². The van der Waals surface area contributed by atoms with Gasteiger partial charge in [0.2, 0.25) is 0 Å². The Kier molecular flexibility index (Phi) is 9.49. The Balaban J connectivity index is 3.28. The standard InChI is InChI=1S/C11H22O2/c1-4-5-6-7-8-9-10-11(12-2)13-3/h8-9,11H,4-7,10H2,1-3H3/b9-8+. The van der Waals surface area contributed by atoms with Crippen LogP contribution in [0.2, 0.25) is 0 Å². The minimum atomic E-state index is -0.0811. The van der Waals surface area contributed by atoms with Crippen LogP contribution in [0.25, 0.3) is 0 Å². The molecule has 2 heteroatoms. The average molecular weight is 186 g/mol. The van der Waals surface area contributed by atoms with Gasteiger partial charge in [-0.3, -0.25) is 0 Å². The lowest BCUT2D eigenvalue weighted by atomic mass is 10.2. The molecule has 13 heavy (non-hydrogen) atoms. The number of rotatable bonds is 8. The first-order valence-electron chi connectivity index (χ1n) is 5.05. The van der Waals surface area contributed by atoms with Gasteiger partial charge in [0.15, 0.2) is 6.29 Å². The highest BCUT2D eigenvalue weighted by atomic mass is 16.7. The van der Waals surface area contributed by atoms with Crippen molar-refractivity contribution in [3.63, 3.8) is 0 Å². The van der Waals surface area contributed by atoms with Crippen LogP contribution < -0.4 is 0 Å². The van der Waals surface area contributed by atoms with Gasteiger partial charge in [0.1, 0.15) is 0 Å². The molecule has 0 saturated carbocycles. The first kappa shape index (κ1) is 12.7.